The van der Waals surface area contributed by atoms with Crippen molar-refractivity contribution in [2.24, 2.45) is 5.92 Å². The molecule has 30 heavy (non-hydrogen) atoms. The van der Waals surface area contributed by atoms with Crippen LogP contribution in [0.3, 0.4) is 0 Å². The van der Waals surface area contributed by atoms with Crippen molar-refractivity contribution in [2.45, 2.75) is 89.0 Å². The zero-order chi connectivity index (χ0) is 21.2. The van der Waals surface area contributed by atoms with Crippen molar-refractivity contribution in [3.05, 3.63) is 23.8 Å². The number of H-pyrrole nitrogens is 1. The number of hydrogen-bond acceptors (Lipinski definition) is 4. The minimum absolute atomic E-state index is 0.00112. The highest BCUT2D eigenvalue weighted by Crippen LogP contribution is 2.43. The van der Waals surface area contributed by atoms with Crippen molar-refractivity contribution in [2.75, 3.05) is 0 Å². The third-order valence-electron chi connectivity index (χ3n) is 7.03. The Morgan fingerprint density at radius 3 is 2.67 bits per heavy atom. The molecule has 2 bridgehead atoms. The number of carbonyl (C=O) groups is 1. The van der Waals surface area contributed by atoms with Gasteiger partial charge in [-0.1, -0.05) is 6.92 Å². The molecular weight excluding hydrogens is 385 g/mol. The minimum Gasteiger partial charge on any atom is -0.486 e. The number of carbonyl (C=O) groups excluding carboxylic acids is 1. The number of ether oxygens (including phenoxy) is 1. The van der Waals surface area contributed by atoms with Crippen LogP contribution in [0.4, 0.5) is 4.39 Å². The van der Waals surface area contributed by atoms with Crippen molar-refractivity contribution >= 4 is 16.9 Å². The summed E-state index contributed by atoms with van der Waals surface area (Å²) in [4.78, 5) is 22.9. The van der Waals surface area contributed by atoms with Crippen LogP contribution in [0.25, 0.3) is 11.0 Å². The second-order valence-corrected chi connectivity index (χ2v) is 9.98. The van der Waals surface area contributed by atoms with Crippen LogP contribution in [-0.2, 0) is 4.79 Å². The Kier molecular flexibility index (Phi) is 4.58. The quantitative estimate of drug-likeness (QED) is 0.794. The van der Waals surface area contributed by atoms with Crippen molar-refractivity contribution in [3.63, 3.8) is 0 Å². The zero-order valence-electron chi connectivity index (χ0n) is 17.8. The van der Waals surface area contributed by atoms with E-state index in [2.05, 4.69) is 16.9 Å². The zero-order valence-corrected chi connectivity index (χ0v) is 17.8. The lowest BCUT2D eigenvalue weighted by atomic mass is 9.72. The Morgan fingerprint density at radius 2 is 2.03 bits per heavy atom. The van der Waals surface area contributed by atoms with Gasteiger partial charge in [0, 0.05) is 18.3 Å². The van der Waals surface area contributed by atoms with Gasteiger partial charge in [-0.05, 0) is 63.9 Å². The normalized spacial score (nSPS) is 32.3. The summed E-state index contributed by atoms with van der Waals surface area (Å²) < 4.78 is 20.9. The molecule has 3 atom stereocenters. The number of aromatic nitrogens is 2. The standard InChI is InChI=1S/C23H30FN3O3/c1-12-6-14-8-23(3,29)9-15(7-12)27(14)22(28)13(2)17-10-25-21-19(17)20(24)18(11-26-21)30-16-4-5-16/h10-16,29H,4-9H2,1-3H3,(H,25,26). The van der Waals surface area contributed by atoms with Crippen LogP contribution in [0, 0.1) is 11.7 Å². The van der Waals surface area contributed by atoms with Crippen LogP contribution in [0.5, 0.6) is 5.75 Å². The molecule has 0 spiro atoms. The van der Waals surface area contributed by atoms with Crippen molar-refractivity contribution in [1.82, 2.24) is 14.9 Å². The Labute approximate surface area is 175 Å². The van der Waals surface area contributed by atoms with Gasteiger partial charge in [0.15, 0.2) is 11.6 Å². The SMILES string of the molecule is CC1CC2CC(C)(O)CC(C1)N2C(=O)C(C)c1c[nH]c2ncc(OC3CC3)c(F)c12. The molecule has 162 valence electrons. The number of aliphatic hydroxyl groups is 1. The third-order valence-corrected chi connectivity index (χ3v) is 7.03. The maximum atomic E-state index is 15.3. The van der Waals surface area contributed by atoms with Gasteiger partial charge in [0.05, 0.1) is 29.2 Å². The number of nitrogens with one attached hydrogen (secondary N) is 1. The Balaban J connectivity index is 1.46. The summed E-state index contributed by atoms with van der Waals surface area (Å²) in [7, 11) is 0. The fourth-order valence-corrected chi connectivity index (χ4v) is 5.58. The van der Waals surface area contributed by atoms with Gasteiger partial charge >= 0.3 is 0 Å². The average molecular weight is 416 g/mol. The molecule has 3 unspecified atom stereocenters. The summed E-state index contributed by atoms with van der Waals surface area (Å²) in [5.41, 5.74) is 0.312. The monoisotopic (exact) mass is 415 g/mol. The second kappa shape index (κ2) is 6.94. The topological polar surface area (TPSA) is 78.5 Å². The van der Waals surface area contributed by atoms with Gasteiger partial charge in [-0.25, -0.2) is 9.37 Å². The van der Waals surface area contributed by atoms with Crippen molar-refractivity contribution < 1.29 is 19.0 Å². The lowest BCUT2D eigenvalue weighted by Crippen LogP contribution is -2.61. The lowest BCUT2D eigenvalue weighted by molar-refractivity contribution is -0.153. The van der Waals surface area contributed by atoms with Gasteiger partial charge in [0.2, 0.25) is 5.91 Å². The molecule has 0 aromatic carbocycles. The van der Waals surface area contributed by atoms with Crippen LogP contribution in [0.15, 0.2) is 12.4 Å². The first-order valence-electron chi connectivity index (χ1n) is 11.1. The molecule has 0 radical (unpaired) electrons. The summed E-state index contributed by atoms with van der Waals surface area (Å²) in [5.74, 6) is -0.260. The number of nitrogens with zero attached hydrogens (tertiary/aromatic N) is 2. The number of fused-ring (bicyclic) bond motifs is 3. The third kappa shape index (κ3) is 3.37. The van der Waals surface area contributed by atoms with Gasteiger partial charge in [0.25, 0.3) is 0 Å². The molecule has 2 aromatic rings. The molecular formula is C23H30FN3O3. The summed E-state index contributed by atoms with van der Waals surface area (Å²) in [6.07, 6.45) is 8.04. The van der Waals surface area contributed by atoms with E-state index < -0.39 is 17.3 Å². The fraction of sp³-hybridized carbons (Fsp3) is 0.652. The Bertz CT molecular complexity index is 965. The number of rotatable bonds is 4. The molecule has 3 fully saturated rings. The van der Waals surface area contributed by atoms with E-state index in [1.807, 2.05) is 18.7 Å². The van der Waals surface area contributed by atoms with E-state index in [0.717, 1.165) is 25.7 Å². The predicted octanol–water partition coefficient (Wildman–Crippen LogP) is 3.89. The molecule has 4 heterocycles. The smallest absolute Gasteiger partial charge is 0.230 e. The molecule has 1 amide bonds. The first-order valence-corrected chi connectivity index (χ1v) is 11.1. The van der Waals surface area contributed by atoms with Crippen molar-refractivity contribution in [1.29, 1.82) is 0 Å². The molecule has 5 rings (SSSR count). The second-order valence-electron chi connectivity index (χ2n) is 9.98. The summed E-state index contributed by atoms with van der Waals surface area (Å²) >= 11 is 0. The van der Waals surface area contributed by atoms with Gasteiger partial charge in [0.1, 0.15) is 5.65 Å². The minimum atomic E-state index is -0.735. The Hall–Kier alpha value is -2.15. The van der Waals surface area contributed by atoms with Crippen LogP contribution >= 0.6 is 0 Å². The van der Waals surface area contributed by atoms with Crippen LogP contribution in [0.1, 0.15) is 70.8 Å². The largest absolute Gasteiger partial charge is 0.486 e. The molecule has 2 aliphatic heterocycles. The van der Waals surface area contributed by atoms with Gasteiger partial charge in [-0.15, -0.1) is 0 Å². The molecule has 1 aliphatic carbocycles. The molecule has 2 N–H and O–H groups in total. The van der Waals surface area contributed by atoms with Crippen molar-refractivity contribution in [3.8, 4) is 5.75 Å². The number of hydrogen-bond donors (Lipinski definition) is 2. The van der Waals surface area contributed by atoms with Crippen LogP contribution in [0.2, 0.25) is 0 Å². The Morgan fingerprint density at radius 1 is 1.37 bits per heavy atom. The predicted molar refractivity (Wildman–Crippen MR) is 111 cm³/mol. The first kappa shape index (κ1) is 19.8. The highest BCUT2D eigenvalue weighted by molar-refractivity contribution is 5.91. The molecule has 2 saturated heterocycles. The van der Waals surface area contributed by atoms with Gasteiger partial charge < -0.3 is 19.7 Å². The molecule has 6 nitrogen and oxygen atoms in total. The lowest BCUT2D eigenvalue weighted by Gasteiger charge is -2.53. The average Bonchev–Trinajstić information content (AvgIpc) is 3.37. The van der Waals surface area contributed by atoms with E-state index in [4.69, 9.17) is 4.74 Å². The maximum absolute atomic E-state index is 15.3. The highest BCUT2D eigenvalue weighted by atomic mass is 19.1. The molecule has 2 aromatic heterocycles. The number of piperidine rings is 2. The summed E-state index contributed by atoms with van der Waals surface area (Å²) in [6, 6.07) is 0.0544. The van der Waals surface area contributed by atoms with E-state index >= 15 is 4.39 Å². The van der Waals surface area contributed by atoms with E-state index in [1.54, 1.807) is 6.20 Å². The number of halogens is 1. The van der Waals surface area contributed by atoms with Crippen LogP contribution in [-0.4, -0.2) is 49.7 Å². The van der Waals surface area contributed by atoms with E-state index in [0.29, 0.717) is 35.4 Å². The van der Waals surface area contributed by atoms with E-state index in [-0.39, 0.29) is 29.8 Å². The van der Waals surface area contributed by atoms with E-state index in [9.17, 15) is 9.90 Å². The molecule has 3 aliphatic rings. The summed E-state index contributed by atoms with van der Waals surface area (Å²) in [6.45, 7) is 5.93. The number of aromatic amines is 1. The maximum Gasteiger partial charge on any atom is 0.230 e. The highest BCUT2D eigenvalue weighted by Gasteiger charge is 2.47. The van der Waals surface area contributed by atoms with E-state index in [1.165, 1.54) is 6.20 Å². The number of pyridine rings is 1. The molecule has 1 saturated carbocycles. The summed E-state index contributed by atoms with van der Waals surface area (Å²) in [5, 5.41) is 11.0. The fourth-order valence-electron chi connectivity index (χ4n) is 5.58. The van der Waals surface area contributed by atoms with Gasteiger partial charge in [-0.3, -0.25) is 4.79 Å². The van der Waals surface area contributed by atoms with Gasteiger partial charge in [-0.2, -0.15) is 0 Å². The number of amides is 1. The molecule has 7 heteroatoms. The van der Waals surface area contributed by atoms with Crippen LogP contribution < -0.4 is 4.74 Å². The first-order chi connectivity index (χ1) is 14.2.